The van der Waals surface area contributed by atoms with Crippen molar-refractivity contribution in [1.82, 2.24) is 9.55 Å². The minimum absolute atomic E-state index is 0.117. The summed E-state index contributed by atoms with van der Waals surface area (Å²) in [5.41, 5.74) is -0.371. The Bertz CT molecular complexity index is 446. The number of hydrogen-bond acceptors (Lipinski definition) is 4. The van der Waals surface area contributed by atoms with Gasteiger partial charge in [0.05, 0.1) is 13.2 Å². The Labute approximate surface area is 108 Å². The number of hydrogen-bond donors (Lipinski definition) is 1. The largest absolute Gasteiger partial charge is 0.376 e. The van der Waals surface area contributed by atoms with Crippen LogP contribution in [0.5, 0.6) is 0 Å². The van der Waals surface area contributed by atoms with Crippen molar-refractivity contribution in [2.24, 2.45) is 0 Å². The molecule has 1 aromatic heterocycles. The van der Waals surface area contributed by atoms with E-state index in [1.165, 1.54) is 0 Å². The minimum Gasteiger partial charge on any atom is -0.376 e. The van der Waals surface area contributed by atoms with E-state index < -0.39 is 0 Å². The molecular weight excluding hydrogens is 230 g/mol. The predicted molar refractivity (Wildman–Crippen MR) is 73.0 cm³/mol. The molecule has 0 spiro atoms. The van der Waals surface area contributed by atoms with Crippen molar-refractivity contribution in [3.8, 4) is 0 Å². The predicted octanol–water partition coefficient (Wildman–Crippen LogP) is 1.61. The fourth-order valence-electron chi connectivity index (χ4n) is 1.47. The van der Waals surface area contributed by atoms with Gasteiger partial charge in [0.15, 0.2) is 5.82 Å². The van der Waals surface area contributed by atoms with Crippen molar-refractivity contribution in [1.29, 1.82) is 0 Å². The molecule has 0 aliphatic heterocycles. The lowest BCUT2D eigenvalue weighted by Gasteiger charge is -2.22. The topological polar surface area (TPSA) is 56.1 Å². The van der Waals surface area contributed by atoms with Gasteiger partial charge in [0, 0.05) is 24.5 Å². The van der Waals surface area contributed by atoms with E-state index in [1.807, 2.05) is 20.8 Å². The highest BCUT2D eigenvalue weighted by atomic mass is 16.5. The second kappa shape index (κ2) is 6.35. The Hall–Kier alpha value is -1.62. The van der Waals surface area contributed by atoms with E-state index >= 15 is 0 Å². The van der Waals surface area contributed by atoms with Crippen LogP contribution in [0.1, 0.15) is 20.8 Å². The lowest BCUT2D eigenvalue weighted by molar-refractivity contribution is 0.173. The van der Waals surface area contributed by atoms with Gasteiger partial charge < -0.3 is 14.6 Å². The Kier molecular flexibility index (Phi) is 5.09. The number of ether oxygens (including phenoxy) is 1. The van der Waals surface area contributed by atoms with Crippen LogP contribution in [0.25, 0.3) is 0 Å². The van der Waals surface area contributed by atoms with Crippen molar-refractivity contribution < 1.29 is 4.74 Å². The molecule has 1 rings (SSSR count). The molecular formula is C13H21N3O2. The smallest absolute Gasteiger partial charge is 0.293 e. The van der Waals surface area contributed by atoms with Crippen LogP contribution in [-0.4, -0.2) is 29.3 Å². The quantitative estimate of drug-likeness (QED) is 0.616. The van der Waals surface area contributed by atoms with Gasteiger partial charge in [0.25, 0.3) is 5.56 Å². The first-order valence-corrected chi connectivity index (χ1v) is 5.97. The maximum absolute atomic E-state index is 12.1. The lowest BCUT2D eigenvalue weighted by atomic mass is 10.1. The summed E-state index contributed by atoms with van der Waals surface area (Å²) in [6, 6.07) is 0. The molecule has 0 atom stereocenters. The van der Waals surface area contributed by atoms with Crippen molar-refractivity contribution >= 4 is 5.82 Å². The summed E-state index contributed by atoms with van der Waals surface area (Å²) in [6.07, 6.45) is 5.01. The third kappa shape index (κ3) is 4.00. The van der Waals surface area contributed by atoms with Crippen LogP contribution in [0.4, 0.5) is 5.82 Å². The maximum atomic E-state index is 12.1. The first-order valence-electron chi connectivity index (χ1n) is 5.97. The molecule has 0 bridgehead atoms. The Morgan fingerprint density at radius 1 is 1.56 bits per heavy atom. The van der Waals surface area contributed by atoms with Crippen molar-refractivity contribution in [3.63, 3.8) is 0 Å². The summed E-state index contributed by atoms with van der Waals surface area (Å²) in [7, 11) is 0. The number of anilines is 1. The van der Waals surface area contributed by atoms with Crippen LogP contribution in [0.3, 0.4) is 0 Å². The molecule has 0 aliphatic rings. The Morgan fingerprint density at radius 2 is 2.28 bits per heavy atom. The standard InChI is InChI=1S/C13H21N3O2/c1-5-9-18-10-7-15-11-12(17)16(8-6-14-11)13(2,3)4/h5-6,8H,1,7,9-10H2,2-4H3,(H,14,15). The molecule has 0 fully saturated rings. The van der Waals surface area contributed by atoms with E-state index in [4.69, 9.17) is 4.74 Å². The summed E-state index contributed by atoms with van der Waals surface area (Å²) in [5, 5.41) is 2.98. The Morgan fingerprint density at radius 3 is 2.89 bits per heavy atom. The van der Waals surface area contributed by atoms with Gasteiger partial charge in [-0.05, 0) is 20.8 Å². The molecule has 0 saturated carbocycles. The van der Waals surface area contributed by atoms with Crippen LogP contribution in [0.2, 0.25) is 0 Å². The monoisotopic (exact) mass is 251 g/mol. The highest BCUT2D eigenvalue weighted by molar-refractivity contribution is 5.30. The van der Waals surface area contributed by atoms with E-state index in [9.17, 15) is 4.79 Å². The molecule has 0 amide bonds. The third-order valence-electron chi connectivity index (χ3n) is 2.34. The molecule has 0 aliphatic carbocycles. The van der Waals surface area contributed by atoms with Gasteiger partial charge in [-0.25, -0.2) is 4.98 Å². The zero-order valence-electron chi connectivity index (χ0n) is 11.3. The van der Waals surface area contributed by atoms with E-state index in [0.717, 1.165) is 0 Å². The molecule has 18 heavy (non-hydrogen) atoms. The molecule has 1 heterocycles. The molecule has 1 aromatic rings. The highest BCUT2D eigenvalue weighted by Gasteiger charge is 2.16. The van der Waals surface area contributed by atoms with E-state index in [0.29, 0.717) is 25.6 Å². The molecule has 5 heteroatoms. The van der Waals surface area contributed by atoms with Gasteiger partial charge >= 0.3 is 0 Å². The zero-order chi connectivity index (χ0) is 13.6. The Balaban J connectivity index is 2.67. The van der Waals surface area contributed by atoms with Gasteiger partial charge in [0.1, 0.15) is 0 Å². The average Bonchev–Trinajstić information content (AvgIpc) is 2.29. The molecule has 100 valence electrons. The minimum atomic E-state index is -0.254. The van der Waals surface area contributed by atoms with Crippen molar-refractivity contribution in [2.45, 2.75) is 26.3 Å². The maximum Gasteiger partial charge on any atom is 0.293 e. The second-order valence-corrected chi connectivity index (χ2v) is 4.91. The number of aromatic nitrogens is 2. The number of nitrogens with one attached hydrogen (secondary N) is 1. The SMILES string of the molecule is C=CCOCCNc1nccn(C(C)(C)C)c1=O. The van der Waals surface area contributed by atoms with E-state index in [-0.39, 0.29) is 11.1 Å². The van der Waals surface area contributed by atoms with Gasteiger partial charge in [-0.3, -0.25) is 4.79 Å². The second-order valence-electron chi connectivity index (χ2n) is 4.91. The lowest BCUT2D eigenvalue weighted by Crippen LogP contribution is -2.35. The summed E-state index contributed by atoms with van der Waals surface area (Å²) >= 11 is 0. The van der Waals surface area contributed by atoms with Gasteiger partial charge in [-0.15, -0.1) is 6.58 Å². The highest BCUT2D eigenvalue weighted by Crippen LogP contribution is 2.10. The molecule has 0 radical (unpaired) electrons. The summed E-state index contributed by atoms with van der Waals surface area (Å²) in [4.78, 5) is 16.2. The summed E-state index contributed by atoms with van der Waals surface area (Å²) < 4.78 is 6.88. The van der Waals surface area contributed by atoms with Crippen LogP contribution in [0.15, 0.2) is 29.8 Å². The van der Waals surface area contributed by atoms with Crippen molar-refractivity contribution in [3.05, 3.63) is 35.4 Å². The fraction of sp³-hybridized carbons (Fsp3) is 0.538. The molecule has 5 nitrogen and oxygen atoms in total. The van der Waals surface area contributed by atoms with Gasteiger partial charge in [0.2, 0.25) is 0 Å². The number of rotatable bonds is 6. The van der Waals surface area contributed by atoms with Crippen LogP contribution in [0, 0.1) is 0 Å². The van der Waals surface area contributed by atoms with E-state index in [2.05, 4.69) is 16.9 Å². The first kappa shape index (κ1) is 14.4. The van der Waals surface area contributed by atoms with Crippen LogP contribution < -0.4 is 10.9 Å². The fourth-order valence-corrected chi connectivity index (χ4v) is 1.47. The average molecular weight is 251 g/mol. The number of nitrogens with zero attached hydrogens (tertiary/aromatic N) is 2. The van der Waals surface area contributed by atoms with Crippen molar-refractivity contribution in [2.75, 3.05) is 25.1 Å². The van der Waals surface area contributed by atoms with E-state index in [1.54, 1.807) is 23.0 Å². The van der Waals surface area contributed by atoms with Crippen LogP contribution in [-0.2, 0) is 10.3 Å². The van der Waals surface area contributed by atoms with Gasteiger partial charge in [-0.1, -0.05) is 6.08 Å². The molecule has 1 N–H and O–H groups in total. The normalized spacial score (nSPS) is 11.3. The first-order chi connectivity index (χ1) is 8.46. The molecule has 0 saturated heterocycles. The summed E-state index contributed by atoms with van der Waals surface area (Å²) in [6.45, 7) is 11.1. The summed E-state index contributed by atoms with van der Waals surface area (Å²) in [5.74, 6) is 0.356. The third-order valence-corrected chi connectivity index (χ3v) is 2.34. The molecule has 0 unspecified atom stereocenters. The zero-order valence-corrected chi connectivity index (χ0v) is 11.3. The molecule has 0 aromatic carbocycles. The van der Waals surface area contributed by atoms with Gasteiger partial charge in [-0.2, -0.15) is 0 Å². The van der Waals surface area contributed by atoms with Crippen LogP contribution >= 0.6 is 0 Å².